The normalized spacial score (nSPS) is 12.0. The molecule has 0 saturated carbocycles. The van der Waals surface area contributed by atoms with Gasteiger partial charge in [-0.15, -0.1) is 11.3 Å². The number of thiazole rings is 1. The molecule has 7 heteroatoms. The average Bonchev–Trinajstić information content (AvgIpc) is 3.13. The van der Waals surface area contributed by atoms with Crippen LogP contribution in [-0.2, 0) is 4.79 Å². The van der Waals surface area contributed by atoms with Crippen molar-refractivity contribution in [3.63, 3.8) is 0 Å². The number of carbonyl (C=O) groups is 1. The largest absolute Gasteiger partial charge is 0.479 e. The first-order valence-electron chi connectivity index (χ1n) is 7.92. The molecule has 0 aliphatic rings. The fraction of sp³-hybridized carbons (Fsp3) is 0.105. The van der Waals surface area contributed by atoms with E-state index in [0.29, 0.717) is 16.4 Å². The van der Waals surface area contributed by atoms with E-state index in [1.165, 1.54) is 18.3 Å². The van der Waals surface area contributed by atoms with E-state index >= 15 is 0 Å². The summed E-state index contributed by atoms with van der Waals surface area (Å²) in [5, 5.41) is 15.8. The van der Waals surface area contributed by atoms with Gasteiger partial charge in [-0.1, -0.05) is 42.5 Å². The van der Waals surface area contributed by atoms with Crippen LogP contribution in [0.25, 0.3) is 11.3 Å². The molecule has 3 aromatic rings. The summed E-state index contributed by atoms with van der Waals surface area (Å²) < 4.78 is 5.44. The molecule has 1 heterocycles. The SMILES string of the molecule is CC(Oc1ccccc1C=NNc1nc(-c2ccccc2)cs1)C(=O)O. The number of hydrazone groups is 1. The van der Waals surface area contributed by atoms with Crippen molar-refractivity contribution in [1.29, 1.82) is 0 Å². The molecule has 0 radical (unpaired) electrons. The number of nitrogens with zero attached hydrogens (tertiary/aromatic N) is 2. The lowest BCUT2D eigenvalue weighted by Crippen LogP contribution is -2.23. The van der Waals surface area contributed by atoms with E-state index in [1.807, 2.05) is 41.8 Å². The molecule has 2 N–H and O–H groups in total. The highest BCUT2D eigenvalue weighted by molar-refractivity contribution is 7.14. The summed E-state index contributed by atoms with van der Waals surface area (Å²) in [5.41, 5.74) is 5.49. The number of benzene rings is 2. The third kappa shape index (κ3) is 4.46. The van der Waals surface area contributed by atoms with Crippen molar-refractivity contribution >= 4 is 28.7 Å². The molecule has 26 heavy (non-hydrogen) atoms. The van der Waals surface area contributed by atoms with Crippen LogP contribution in [-0.4, -0.2) is 28.4 Å². The van der Waals surface area contributed by atoms with Crippen LogP contribution in [0.5, 0.6) is 5.75 Å². The zero-order valence-electron chi connectivity index (χ0n) is 14.0. The number of para-hydroxylation sites is 1. The lowest BCUT2D eigenvalue weighted by molar-refractivity contribution is -0.144. The van der Waals surface area contributed by atoms with Crippen molar-refractivity contribution < 1.29 is 14.6 Å². The molecule has 1 atom stereocenters. The van der Waals surface area contributed by atoms with Crippen molar-refractivity contribution in [3.8, 4) is 17.0 Å². The van der Waals surface area contributed by atoms with Crippen molar-refractivity contribution in [2.75, 3.05) is 5.43 Å². The highest BCUT2D eigenvalue weighted by Crippen LogP contribution is 2.24. The molecular formula is C19H17N3O3S. The second kappa shape index (κ2) is 8.26. The topological polar surface area (TPSA) is 83.8 Å². The molecule has 1 aromatic heterocycles. The molecule has 0 bridgehead atoms. The molecule has 0 saturated heterocycles. The number of anilines is 1. The number of ether oxygens (including phenoxy) is 1. The van der Waals surface area contributed by atoms with Crippen molar-refractivity contribution in [2.45, 2.75) is 13.0 Å². The van der Waals surface area contributed by atoms with E-state index in [0.717, 1.165) is 11.3 Å². The minimum atomic E-state index is -1.02. The Morgan fingerprint density at radius 3 is 2.73 bits per heavy atom. The lowest BCUT2D eigenvalue weighted by Gasteiger charge is -2.12. The number of aromatic nitrogens is 1. The van der Waals surface area contributed by atoms with Crippen LogP contribution in [0.2, 0.25) is 0 Å². The molecule has 0 aliphatic carbocycles. The summed E-state index contributed by atoms with van der Waals surface area (Å²) in [5.74, 6) is -0.567. The van der Waals surface area contributed by atoms with Crippen LogP contribution >= 0.6 is 11.3 Å². The van der Waals surface area contributed by atoms with Gasteiger partial charge < -0.3 is 9.84 Å². The maximum absolute atomic E-state index is 11.0. The van der Waals surface area contributed by atoms with Crippen LogP contribution in [0.1, 0.15) is 12.5 Å². The second-order valence-corrected chi connectivity index (χ2v) is 6.27. The molecule has 3 rings (SSSR count). The molecular weight excluding hydrogens is 350 g/mol. The Morgan fingerprint density at radius 1 is 1.23 bits per heavy atom. The van der Waals surface area contributed by atoms with Crippen molar-refractivity contribution in [2.24, 2.45) is 5.10 Å². The Balaban J connectivity index is 1.68. The monoisotopic (exact) mass is 367 g/mol. The molecule has 2 aromatic carbocycles. The summed E-state index contributed by atoms with van der Waals surface area (Å²) >= 11 is 1.45. The predicted molar refractivity (Wildman–Crippen MR) is 103 cm³/mol. The molecule has 0 aliphatic heterocycles. The van der Waals surface area contributed by atoms with Gasteiger partial charge in [0.05, 0.1) is 11.9 Å². The Labute approximate surface area is 154 Å². The van der Waals surface area contributed by atoms with E-state index in [1.54, 1.807) is 24.4 Å². The third-order valence-corrected chi connectivity index (χ3v) is 4.26. The van der Waals surface area contributed by atoms with Crippen LogP contribution in [0, 0.1) is 0 Å². The number of hydrogen-bond donors (Lipinski definition) is 2. The van der Waals surface area contributed by atoms with Crippen molar-refractivity contribution in [3.05, 3.63) is 65.5 Å². The highest BCUT2D eigenvalue weighted by Gasteiger charge is 2.13. The minimum absolute atomic E-state index is 0.456. The molecule has 0 spiro atoms. The van der Waals surface area contributed by atoms with Gasteiger partial charge >= 0.3 is 5.97 Å². The molecule has 0 amide bonds. The zero-order valence-corrected chi connectivity index (χ0v) is 14.8. The van der Waals surface area contributed by atoms with Crippen LogP contribution in [0.15, 0.2) is 65.1 Å². The fourth-order valence-electron chi connectivity index (χ4n) is 2.16. The standard InChI is InChI=1S/C19H17N3O3S/c1-13(18(23)24)25-17-10-6-5-9-15(17)11-20-22-19-21-16(12-26-19)14-7-3-2-4-8-14/h2-13H,1H3,(H,21,22)(H,23,24). The third-order valence-electron chi connectivity index (χ3n) is 3.51. The number of hydrogen-bond acceptors (Lipinski definition) is 6. The number of aliphatic carboxylic acids is 1. The van der Waals surface area contributed by atoms with Gasteiger partial charge in [-0.3, -0.25) is 5.43 Å². The molecule has 6 nitrogen and oxygen atoms in total. The fourth-order valence-corrected chi connectivity index (χ4v) is 2.83. The summed E-state index contributed by atoms with van der Waals surface area (Å²) in [7, 11) is 0. The molecule has 1 unspecified atom stereocenters. The summed E-state index contributed by atoms with van der Waals surface area (Å²) in [6.07, 6.45) is 0.637. The Hall–Kier alpha value is -3.19. The molecule has 0 fully saturated rings. The minimum Gasteiger partial charge on any atom is -0.479 e. The van der Waals surface area contributed by atoms with E-state index < -0.39 is 12.1 Å². The van der Waals surface area contributed by atoms with E-state index in [-0.39, 0.29) is 0 Å². The van der Waals surface area contributed by atoms with Gasteiger partial charge in [-0.05, 0) is 19.1 Å². The van der Waals surface area contributed by atoms with Gasteiger partial charge in [0.2, 0.25) is 5.13 Å². The van der Waals surface area contributed by atoms with E-state index in [9.17, 15) is 4.79 Å². The summed E-state index contributed by atoms with van der Waals surface area (Å²) in [6.45, 7) is 1.48. The first kappa shape index (κ1) is 17.6. The van der Waals surface area contributed by atoms with Crippen LogP contribution in [0.3, 0.4) is 0 Å². The van der Waals surface area contributed by atoms with E-state index in [2.05, 4.69) is 15.5 Å². The average molecular weight is 367 g/mol. The van der Waals surface area contributed by atoms with Gasteiger partial charge in [-0.25, -0.2) is 9.78 Å². The molecule has 132 valence electrons. The summed E-state index contributed by atoms with van der Waals surface area (Å²) in [4.78, 5) is 15.4. The van der Waals surface area contributed by atoms with E-state index in [4.69, 9.17) is 9.84 Å². The van der Waals surface area contributed by atoms with Crippen LogP contribution in [0.4, 0.5) is 5.13 Å². The second-order valence-electron chi connectivity index (χ2n) is 5.41. The lowest BCUT2D eigenvalue weighted by atomic mass is 10.2. The number of rotatable bonds is 7. The van der Waals surface area contributed by atoms with Crippen LogP contribution < -0.4 is 10.2 Å². The smallest absolute Gasteiger partial charge is 0.344 e. The quantitative estimate of drug-likeness (QED) is 0.485. The number of nitrogens with one attached hydrogen (secondary N) is 1. The Morgan fingerprint density at radius 2 is 1.96 bits per heavy atom. The van der Waals surface area contributed by atoms with Gasteiger partial charge in [0, 0.05) is 16.5 Å². The maximum Gasteiger partial charge on any atom is 0.344 e. The van der Waals surface area contributed by atoms with Gasteiger partial charge in [0.1, 0.15) is 5.75 Å². The Kier molecular flexibility index (Phi) is 5.60. The van der Waals surface area contributed by atoms with Crippen molar-refractivity contribution in [1.82, 2.24) is 4.98 Å². The highest BCUT2D eigenvalue weighted by atomic mass is 32.1. The predicted octanol–water partition coefficient (Wildman–Crippen LogP) is 4.11. The zero-order chi connectivity index (χ0) is 18.4. The van der Waals surface area contributed by atoms with Gasteiger partial charge in [0.15, 0.2) is 6.10 Å². The number of carboxylic acid groups (broad SMARTS) is 1. The maximum atomic E-state index is 11.0. The number of carboxylic acids is 1. The van der Waals surface area contributed by atoms with Gasteiger partial charge in [0.25, 0.3) is 0 Å². The summed E-state index contributed by atoms with van der Waals surface area (Å²) in [6, 6.07) is 17.0. The van der Waals surface area contributed by atoms with Gasteiger partial charge in [-0.2, -0.15) is 5.10 Å². The Bertz CT molecular complexity index is 909. The first-order valence-corrected chi connectivity index (χ1v) is 8.80. The first-order chi connectivity index (χ1) is 12.6.